The Balaban J connectivity index is 1.46. The topological polar surface area (TPSA) is 82.8 Å². The number of hydrogen-bond acceptors (Lipinski definition) is 4. The van der Waals surface area contributed by atoms with Crippen molar-refractivity contribution in [1.82, 2.24) is 9.78 Å². The fraction of sp³-hybridized carbons (Fsp3) is 0.294. The number of anilines is 1. The van der Waals surface area contributed by atoms with Gasteiger partial charge in [0.1, 0.15) is 0 Å². The van der Waals surface area contributed by atoms with Crippen LogP contribution in [0, 0.1) is 10.1 Å². The fourth-order valence-corrected chi connectivity index (χ4v) is 3.34. The summed E-state index contributed by atoms with van der Waals surface area (Å²) in [5.41, 5.74) is 2.16. The highest BCUT2D eigenvalue weighted by molar-refractivity contribution is 5.80. The first-order valence-electron chi connectivity index (χ1n) is 8.35. The molecular weight excluding hydrogens is 320 g/mol. The van der Waals surface area contributed by atoms with Crippen LogP contribution in [0.3, 0.4) is 0 Å². The van der Waals surface area contributed by atoms with Gasteiger partial charge in [-0.25, -0.2) is 9.67 Å². The summed E-state index contributed by atoms with van der Waals surface area (Å²) >= 11 is 0. The van der Waals surface area contributed by atoms with Crippen molar-refractivity contribution in [3.8, 4) is 0 Å². The minimum Gasteiger partial charge on any atom is -0.360 e. The monoisotopic (exact) mass is 340 g/mol. The SMILES string of the molecule is O=[N+]([O-])c1ccc2cnn(C[NH+]3CCN(c4cc[nH+]cc4)CC3)c2c1. The molecule has 0 radical (unpaired) electrons. The van der Waals surface area contributed by atoms with Gasteiger partial charge in [0, 0.05) is 35.3 Å². The van der Waals surface area contributed by atoms with Gasteiger partial charge in [-0.05, 0) is 6.07 Å². The lowest BCUT2D eigenvalue weighted by atomic mass is 10.2. The minimum atomic E-state index is -0.361. The summed E-state index contributed by atoms with van der Waals surface area (Å²) in [6, 6.07) is 9.07. The molecule has 0 bridgehead atoms. The predicted octanol–water partition coefficient (Wildman–Crippen LogP) is 0.121. The van der Waals surface area contributed by atoms with Gasteiger partial charge in [0.25, 0.3) is 5.69 Å². The smallest absolute Gasteiger partial charge is 0.271 e. The number of nitrogens with zero attached hydrogens (tertiary/aromatic N) is 4. The normalized spacial score (nSPS) is 15.6. The van der Waals surface area contributed by atoms with E-state index in [2.05, 4.69) is 27.1 Å². The van der Waals surface area contributed by atoms with Crippen LogP contribution < -0.4 is 14.8 Å². The summed E-state index contributed by atoms with van der Waals surface area (Å²) in [5, 5.41) is 16.4. The third kappa shape index (κ3) is 3.16. The lowest BCUT2D eigenvalue weighted by molar-refractivity contribution is -0.923. The molecule has 0 saturated carbocycles. The largest absolute Gasteiger partial charge is 0.360 e. The maximum atomic E-state index is 11.0. The van der Waals surface area contributed by atoms with E-state index in [9.17, 15) is 10.1 Å². The number of H-pyrrole nitrogens is 1. The highest BCUT2D eigenvalue weighted by Gasteiger charge is 2.21. The molecule has 1 aliphatic rings. The number of aromatic amines is 1. The molecule has 1 aromatic carbocycles. The maximum absolute atomic E-state index is 11.0. The van der Waals surface area contributed by atoms with Crippen molar-refractivity contribution in [2.24, 2.45) is 0 Å². The van der Waals surface area contributed by atoms with Crippen LogP contribution in [0.5, 0.6) is 0 Å². The van der Waals surface area contributed by atoms with Gasteiger partial charge < -0.3 is 9.80 Å². The zero-order valence-electron chi connectivity index (χ0n) is 13.8. The first-order chi connectivity index (χ1) is 12.2. The number of hydrogen-bond donors (Lipinski definition) is 1. The fourth-order valence-electron chi connectivity index (χ4n) is 3.34. The lowest BCUT2D eigenvalue weighted by Crippen LogP contribution is -3.14. The minimum absolute atomic E-state index is 0.106. The number of pyridine rings is 1. The molecular formula is C17H20N6O2+2. The molecule has 25 heavy (non-hydrogen) atoms. The van der Waals surface area contributed by atoms with E-state index in [4.69, 9.17) is 0 Å². The number of fused-ring (bicyclic) bond motifs is 1. The summed E-state index contributed by atoms with van der Waals surface area (Å²) in [7, 11) is 0. The van der Waals surface area contributed by atoms with Crippen LogP contribution in [0.1, 0.15) is 0 Å². The van der Waals surface area contributed by atoms with E-state index >= 15 is 0 Å². The summed E-state index contributed by atoms with van der Waals surface area (Å²) in [4.78, 5) is 17.5. The van der Waals surface area contributed by atoms with Gasteiger partial charge in [-0.3, -0.25) is 10.1 Å². The summed E-state index contributed by atoms with van der Waals surface area (Å²) in [6.07, 6.45) is 5.66. The number of non-ortho nitro benzene ring substituents is 1. The standard InChI is InChI=1S/C17H18N6O2/c24-23(25)16-2-1-14-12-19-22(17(14)11-16)13-20-7-9-21(10-8-20)15-3-5-18-6-4-15/h1-6,11-12H,7-10,13H2/p+2. The van der Waals surface area contributed by atoms with E-state index in [-0.39, 0.29) is 10.6 Å². The Morgan fingerprint density at radius 2 is 1.96 bits per heavy atom. The zero-order chi connectivity index (χ0) is 17.2. The van der Waals surface area contributed by atoms with Gasteiger partial charge in [-0.2, -0.15) is 5.10 Å². The Kier molecular flexibility index (Phi) is 4.02. The molecule has 8 nitrogen and oxygen atoms in total. The zero-order valence-corrected chi connectivity index (χ0v) is 13.8. The third-order valence-corrected chi connectivity index (χ3v) is 4.75. The molecule has 0 atom stereocenters. The highest BCUT2D eigenvalue weighted by atomic mass is 16.6. The molecule has 1 aliphatic heterocycles. The molecule has 3 aromatic rings. The molecule has 8 heteroatoms. The Morgan fingerprint density at radius 3 is 2.68 bits per heavy atom. The lowest BCUT2D eigenvalue weighted by Gasteiger charge is -2.33. The van der Waals surface area contributed by atoms with Crippen LogP contribution in [0.25, 0.3) is 10.9 Å². The summed E-state index contributed by atoms with van der Waals surface area (Å²) < 4.78 is 1.88. The van der Waals surface area contributed by atoms with Crippen molar-refractivity contribution in [3.05, 3.63) is 59.0 Å². The van der Waals surface area contributed by atoms with E-state index in [0.717, 1.165) is 43.8 Å². The number of piperazine rings is 1. The second-order valence-electron chi connectivity index (χ2n) is 6.30. The van der Waals surface area contributed by atoms with Crippen molar-refractivity contribution in [3.63, 3.8) is 0 Å². The van der Waals surface area contributed by atoms with Gasteiger partial charge in [0.15, 0.2) is 19.1 Å². The molecule has 128 valence electrons. The van der Waals surface area contributed by atoms with Crippen LogP contribution >= 0.6 is 0 Å². The molecule has 2 aromatic heterocycles. The maximum Gasteiger partial charge on any atom is 0.271 e. The molecule has 3 heterocycles. The van der Waals surface area contributed by atoms with Crippen LogP contribution in [0.15, 0.2) is 48.9 Å². The van der Waals surface area contributed by atoms with E-state index in [0.29, 0.717) is 0 Å². The molecule has 1 saturated heterocycles. The molecule has 1 fully saturated rings. The van der Waals surface area contributed by atoms with Crippen LogP contribution in [0.4, 0.5) is 11.4 Å². The van der Waals surface area contributed by atoms with Gasteiger partial charge >= 0.3 is 0 Å². The van der Waals surface area contributed by atoms with Crippen LogP contribution in [-0.2, 0) is 6.67 Å². The molecule has 4 rings (SSSR count). The van der Waals surface area contributed by atoms with Gasteiger partial charge in [-0.1, -0.05) is 0 Å². The van der Waals surface area contributed by atoms with Gasteiger partial charge in [-0.15, -0.1) is 0 Å². The summed E-state index contributed by atoms with van der Waals surface area (Å²) in [5.74, 6) is 0. The van der Waals surface area contributed by atoms with Crippen molar-refractivity contribution in [1.29, 1.82) is 0 Å². The number of rotatable bonds is 4. The van der Waals surface area contributed by atoms with Crippen LogP contribution in [-0.4, -0.2) is 40.9 Å². The number of quaternary nitrogens is 1. The third-order valence-electron chi connectivity index (χ3n) is 4.75. The molecule has 2 N–H and O–H groups in total. The number of nitrogens with one attached hydrogen (secondary N) is 2. The second kappa shape index (κ2) is 6.48. The van der Waals surface area contributed by atoms with E-state index in [1.807, 2.05) is 17.1 Å². The van der Waals surface area contributed by atoms with Crippen molar-refractivity contribution in [2.75, 3.05) is 31.1 Å². The molecule has 0 spiro atoms. The molecule has 0 aliphatic carbocycles. The molecule has 0 unspecified atom stereocenters. The number of aromatic nitrogens is 3. The number of benzene rings is 1. The second-order valence-corrected chi connectivity index (χ2v) is 6.30. The Labute approximate surface area is 144 Å². The predicted molar refractivity (Wildman–Crippen MR) is 92.3 cm³/mol. The van der Waals surface area contributed by atoms with Crippen LogP contribution in [0.2, 0.25) is 0 Å². The summed E-state index contributed by atoms with van der Waals surface area (Å²) in [6.45, 7) is 4.71. The first kappa shape index (κ1) is 15.5. The van der Waals surface area contributed by atoms with Gasteiger partial charge in [0.2, 0.25) is 0 Å². The number of nitro groups is 1. The number of nitro benzene ring substituents is 1. The van der Waals surface area contributed by atoms with E-state index in [1.165, 1.54) is 16.7 Å². The van der Waals surface area contributed by atoms with E-state index < -0.39 is 0 Å². The first-order valence-corrected chi connectivity index (χ1v) is 8.35. The average molecular weight is 340 g/mol. The van der Waals surface area contributed by atoms with Crippen molar-refractivity contribution in [2.45, 2.75) is 6.67 Å². The quantitative estimate of drug-likeness (QED) is 0.540. The van der Waals surface area contributed by atoms with Gasteiger partial charge in [0.05, 0.1) is 42.8 Å². The molecule has 0 amide bonds. The van der Waals surface area contributed by atoms with E-state index in [1.54, 1.807) is 18.3 Å². The Hall–Kier alpha value is -3.00. The van der Waals surface area contributed by atoms with Crippen molar-refractivity contribution >= 4 is 22.3 Å². The highest BCUT2D eigenvalue weighted by Crippen LogP contribution is 2.20. The Morgan fingerprint density at radius 1 is 1.20 bits per heavy atom. The Bertz CT molecular complexity index is 887. The van der Waals surface area contributed by atoms with Crippen molar-refractivity contribution < 1.29 is 14.8 Å². The average Bonchev–Trinajstić information content (AvgIpc) is 3.05.